The van der Waals surface area contributed by atoms with Crippen LogP contribution in [-0.2, 0) is 4.74 Å². The molecule has 1 fully saturated rings. The summed E-state index contributed by atoms with van der Waals surface area (Å²) in [4.78, 5) is 0. The molecule has 0 saturated heterocycles. The van der Waals surface area contributed by atoms with E-state index in [4.69, 9.17) is 0 Å². The van der Waals surface area contributed by atoms with Gasteiger partial charge in [0.2, 0.25) is 0 Å². The van der Waals surface area contributed by atoms with Crippen molar-refractivity contribution in [3.05, 3.63) is 0 Å². The standard InChI is InChI=1S/C10H18F3NO2/c11-10(12,13)8-16-6-2-5-14-7-9(15)3-1-4-9/h14-15H,1-8H2. The van der Waals surface area contributed by atoms with Crippen LogP contribution in [0.25, 0.3) is 0 Å². The number of alkyl halides is 3. The highest BCUT2D eigenvalue weighted by molar-refractivity contribution is 4.89. The fourth-order valence-electron chi connectivity index (χ4n) is 1.57. The van der Waals surface area contributed by atoms with Crippen LogP contribution in [-0.4, -0.2) is 43.2 Å². The van der Waals surface area contributed by atoms with Crippen LogP contribution in [0.4, 0.5) is 13.2 Å². The molecule has 1 aliphatic rings. The van der Waals surface area contributed by atoms with Gasteiger partial charge in [0.15, 0.2) is 0 Å². The Balaban J connectivity index is 1.85. The zero-order valence-electron chi connectivity index (χ0n) is 9.15. The minimum atomic E-state index is -4.24. The number of rotatable bonds is 7. The Hall–Kier alpha value is -0.330. The van der Waals surface area contributed by atoms with Crippen molar-refractivity contribution in [1.29, 1.82) is 0 Å². The summed E-state index contributed by atoms with van der Waals surface area (Å²) in [5.41, 5.74) is -0.577. The van der Waals surface area contributed by atoms with Crippen molar-refractivity contribution in [3.63, 3.8) is 0 Å². The maximum Gasteiger partial charge on any atom is 0.411 e. The molecule has 0 aliphatic heterocycles. The van der Waals surface area contributed by atoms with Crippen molar-refractivity contribution in [2.24, 2.45) is 0 Å². The largest absolute Gasteiger partial charge is 0.411 e. The SMILES string of the molecule is OC1(CNCCCOCC(F)(F)F)CCC1. The summed E-state index contributed by atoms with van der Waals surface area (Å²) in [6.07, 6.45) is -1.05. The first kappa shape index (κ1) is 13.7. The lowest BCUT2D eigenvalue weighted by Crippen LogP contribution is -2.46. The van der Waals surface area contributed by atoms with Gasteiger partial charge in [0.25, 0.3) is 0 Å². The van der Waals surface area contributed by atoms with Crippen molar-refractivity contribution < 1.29 is 23.0 Å². The monoisotopic (exact) mass is 241 g/mol. The summed E-state index contributed by atoms with van der Waals surface area (Å²) in [5.74, 6) is 0. The van der Waals surface area contributed by atoms with E-state index in [9.17, 15) is 18.3 Å². The first-order chi connectivity index (χ1) is 7.41. The molecule has 96 valence electrons. The van der Waals surface area contributed by atoms with Crippen molar-refractivity contribution in [2.75, 3.05) is 26.3 Å². The van der Waals surface area contributed by atoms with Crippen LogP contribution in [0.3, 0.4) is 0 Å². The van der Waals surface area contributed by atoms with E-state index in [0.29, 0.717) is 19.5 Å². The number of aliphatic hydroxyl groups is 1. The molecule has 2 N–H and O–H groups in total. The molecule has 0 amide bonds. The second-order valence-electron chi connectivity index (χ2n) is 4.28. The van der Waals surface area contributed by atoms with Crippen molar-refractivity contribution in [2.45, 2.75) is 37.5 Å². The van der Waals surface area contributed by atoms with Gasteiger partial charge in [-0.2, -0.15) is 13.2 Å². The van der Waals surface area contributed by atoms with E-state index in [-0.39, 0.29) is 6.61 Å². The zero-order chi connectivity index (χ0) is 12.1. The number of nitrogens with one attached hydrogen (secondary N) is 1. The van der Waals surface area contributed by atoms with Gasteiger partial charge in [0.1, 0.15) is 6.61 Å². The zero-order valence-corrected chi connectivity index (χ0v) is 9.15. The van der Waals surface area contributed by atoms with Crippen LogP contribution in [0.1, 0.15) is 25.7 Å². The molecule has 3 nitrogen and oxygen atoms in total. The highest BCUT2D eigenvalue weighted by Gasteiger charge is 2.33. The lowest BCUT2D eigenvalue weighted by Gasteiger charge is -2.36. The minimum absolute atomic E-state index is 0.0882. The van der Waals surface area contributed by atoms with Crippen LogP contribution in [0, 0.1) is 0 Å². The van der Waals surface area contributed by atoms with Gasteiger partial charge >= 0.3 is 6.18 Å². The Labute approximate surface area is 93.0 Å². The number of hydrogen-bond acceptors (Lipinski definition) is 3. The fourth-order valence-corrected chi connectivity index (χ4v) is 1.57. The summed E-state index contributed by atoms with van der Waals surface area (Å²) in [5, 5.41) is 12.7. The summed E-state index contributed by atoms with van der Waals surface area (Å²) >= 11 is 0. The first-order valence-corrected chi connectivity index (χ1v) is 5.49. The van der Waals surface area contributed by atoms with Gasteiger partial charge in [-0.05, 0) is 32.2 Å². The first-order valence-electron chi connectivity index (χ1n) is 5.49. The molecule has 0 aromatic carbocycles. The van der Waals surface area contributed by atoms with Crippen molar-refractivity contribution in [1.82, 2.24) is 5.32 Å². The third-order valence-corrected chi connectivity index (χ3v) is 2.65. The van der Waals surface area contributed by atoms with E-state index < -0.39 is 18.4 Å². The van der Waals surface area contributed by atoms with E-state index in [0.717, 1.165) is 19.3 Å². The number of halogens is 3. The van der Waals surface area contributed by atoms with E-state index >= 15 is 0 Å². The predicted molar refractivity (Wildman–Crippen MR) is 53.2 cm³/mol. The molecule has 0 aromatic heterocycles. The van der Waals surface area contributed by atoms with Gasteiger partial charge in [-0.3, -0.25) is 0 Å². The van der Waals surface area contributed by atoms with Crippen LogP contribution in [0.15, 0.2) is 0 Å². The molecule has 0 heterocycles. The van der Waals surface area contributed by atoms with E-state index in [2.05, 4.69) is 10.1 Å². The van der Waals surface area contributed by atoms with Gasteiger partial charge in [-0.1, -0.05) is 0 Å². The molecule has 0 unspecified atom stereocenters. The van der Waals surface area contributed by atoms with Gasteiger partial charge in [0.05, 0.1) is 5.60 Å². The molecular weight excluding hydrogens is 223 g/mol. The van der Waals surface area contributed by atoms with E-state index in [1.54, 1.807) is 0 Å². The van der Waals surface area contributed by atoms with Crippen LogP contribution in [0.2, 0.25) is 0 Å². The number of hydrogen-bond donors (Lipinski definition) is 2. The maximum atomic E-state index is 11.7. The average Bonchev–Trinajstić information content (AvgIpc) is 2.12. The highest BCUT2D eigenvalue weighted by atomic mass is 19.4. The van der Waals surface area contributed by atoms with Crippen molar-refractivity contribution in [3.8, 4) is 0 Å². The molecule has 0 radical (unpaired) electrons. The lowest BCUT2D eigenvalue weighted by atomic mass is 9.80. The molecule has 0 atom stereocenters. The Morgan fingerprint density at radius 2 is 2.00 bits per heavy atom. The lowest BCUT2D eigenvalue weighted by molar-refractivity contribution is -0.173. The Morgan fingerprint density at radius 3 is 2.50 bits per heavy atom. The molecule has 1 rings (SSSR count). The molecule has 6 heteroatoms. The van der Waals surface area contributed by atoms with E-state index in [1.807, 2.05) is 0 Å². The molecule has 0 spiro atoms. The summed E-state index contributed by atoms with van der Waals surface area (Å²) in [7, 11) is 0. The fraction of sp³-hybridized carbons (Fsp3) is 1.00. The van der Waals surface area contributed by atoms with Gasteiger partial charge in [0, 0.05) is 13.2 Å². The molecule has 1 saturated carbocycles. The highest BCUT2D eigenvalue weighted by Crippen LogP contribution is 2.30. The molecular formula is C10H18F3NO2. The third-order valence-electron chi connectivity index (χ3n) is 2.65. The summed E-state index contributed by atoms with van der Waals surface area (Å²) in [6.45, 7) is -0.00564. The molecule has 16 heavy (non-hydrogen) atoms. The quantitative estimate of drug-likeness (QED) is 0.663. The van der Waals surface area contributed by atoms with Crippen LogP contribution < -0.4 is 5.32 Å². The second-order valence-corrected chi connectivity index (χ2v) is 4.28. The van der Waals surface area contributed by atoms with Gasteiger partial charge in [-0.25, -0.2) is 0 Å². The molecule has 0 aromatic rings. The summed E-state index contributed by atoms with van der Waals surface area (Å²) in [6, 6.07) is 0. The number of ether oxygens (including phenoxy) is 1. The Kier molecular flexibility index (Phi) is 5.01. The van der Waals surface area contributed by atoms with Crippen LogP contribution in [0.5, 0.6) is 0 Å². The Morgan fingerprint density at radius 1 is 1.31 bits per heavy atom. The van der Waals surface area contributed by atoms with Crippen molar-refractivity contribution >= 4 is 0 Å². The topological polar surface area (TPSA) is 41.5 Å². The predicted octanol–water partition coefficient (Wildman–Crippen LogP) is 1.46. The van der Waals surface area contributed by atoms with Crippen LogP contribution >= 0.6 is 0 Å². The van der Waals surface area contributed by atoms with Gasteiger partial charge < -0.3 is 15.2 Å². The van der Waals surface area contributed by atoms with Gasteiger partial charge in [-0.15, -0.1) is 0 Å². The third kappa shape index (κ3) is 5.67. The Bertz CT molecular complexity index is 205. The molecule has 0 bridgehead atoms. The maximum absolute atomic E-state index is 11.7. The molecule has 1 aliphatic carbocycles. The average molecular weight is 241 g/mol. The summed E-state index contributed by atoms with van der Waals surface area (Å²) < 4.78 is 39.4. The van der Waals surface area contributed by atoms with E-state index in [1.165, 1.54) is 0 Å². The second kappa shape index (κ2) is 5.84. The normalized spacial score (nSPS) is 19.5. The smallest absolute Gasteiger partial charge is 0.389 e. The minimum Gasteiger partial charge on any atom is -0.389 e.